The van der Waals surface area contributed by atoms with E-state index in [1.54, 1.807) is 7.11 Å². The highest BCUT2D eigenvalue weighted by Crippen LogP contribution is 2.28. The molecule has 0 heterocycles. The number of unbranched alkanes of at least 4 members (excludes halogenated alkanes) is 2. The van der Waals surface area contributed by atoms with Crippen molar-refractivity contribution in [3.63, 3.8) is 0 Å². The molecule has 1 atom stereocenters. The lowest BCUT2D eigenvalue weighted by Crippen LogP contribution is -2.50. The summed E-state index contributed by atoms with van der Waals surface area (Å²) < 4.78 is 5.29. The largest absolute Gasteiger partial charge is 0.497 e. The van der Waals surface area contributed by atoms with Gasteiger partial charge in [0.15, 0.2) is 0 Å². The van der Waals surface area contributed by atoms with E-state index < -0.39 is 0 Å². The number of hydrogen-bond acceptors (Lipinski definition) is 3. The summed E-state index contributed by atoms with van der Waals surface area (Å²) in [5.74, 6) is 0.886. The topological polar surface area (TPSA) is 38.5 Å². The molecular formula is C16H28N2O. The third kappa shape index (κ3) is 4.13. The number of hydrogen-bond donors (Lipinski definition) is 1. The van der Waals surface area contributed by atoms with Crippen LogP contribution in [0.1, 0.15) is 39.5 Å². The summed E-state index contributed by atoms with van der Waals surface area (Å²) in [5, 5.41) is 0. The quantitative estimate of drug-likeness (QED) is 0.731. The van der Waals surface area contributed by atoms with E-state index in [0.717, 1.165) is 17.9 Å². The number of nitrogens with two attached hydrogens (primary N) is 1. The van der Waals surface area contributed by atoms with E-state index >= 15 is 0 Å². The first-order valence-electron chi connectivity index (χ1n) is 7.15. The maximum Gasteiger partial charge on any atom is 0.120 e. The minimum atomic E-state index is 0.00152. The van der Waals surface area contributed by atoms with Gasteiger partial charge in [-0.25, -0.2) is 0 Å². The fraction of sp³-hybridized carbons (Fsp3) is 0.625. The first-order chi connectivity index (χ1) is 9.07. The van der Waals surface area contributed by atoms with Crippen LogP contribution in [0.4, 0.5) is 5.69 Å². The standard InChI is InChI=1S/C16H28N2O/c1-5-6-7-11-16(2,13-17)18(3)14-9-8-10-15(12-14)19-4/h8-10,12H,5-7,11,13,17H2,1-4H3. The predicted octanol–water partition coefficient (Wildman–Crippen LogP) is 3.43. The van der Waals surface area contributed by atoms with Crippen LogP contribution in [0.5, 0.6) is 5.75 Å². The second-order valence-corrected chi connectivity index (χ2v) is 5.42. The van der Waals surface area contributed by atoms with Crippen molar-refractivity contribution >= 4 is 5.69 Å². The van der Waals surface area contributed by atoms with Crippen LogP contribution in [0.15, 0.2) is 24.3 Å². The van der Waals surface area contributed by atoms with E-state index in [1.807, 2.05) is 12.1 Å². The van der Waals surface area contributed by atoms with Crippen molar-refractivity contribution in [2.75, 3.05) is 25.6 Å². The van der Waals surface area contributed by atoms with Crippen molar-refractivity contribution in [1.29, 1.82) is 0 Å². The van der Waals surface area contributed by atoms with Gasteiger partial charge < -0.3 is 15.4 Å². The van der Waals surface area contributed by atoms with Gasteiger partial charge >= 0.3 is 0 Å². The summed E-state index contributed by atoms with van der Waals surface area (Å²) in [6.45, 7) is 5.12. The minimum absolute atomic E-state index is 0.00152. The Morgan fingerprint density at radius 3 is 2.63 bits per heavy atom. The molecule has 1 aromatic rings. The first kappa shape index (κ1) is 15.8. The van der Waals surface area contributed by atoms with Crippen LogP contribution in [0, 0.1) is 0 Å². The maximum absolute atomic E-state index is 6.03. The average Bonchev–Trinajstić information content (AvgIpc) is 2.46. The number of rotatable bonds is 8. The normalized spacial score (nSPS) is 13.9. The molecule has 0 saturated heterocycles. The van der Waals surface area contributed by atoms with E-state index in [4.69, 9.17) is 10.5 Å². The van der Waals surface area contributed by atoms with Crippen molar-refractivity contribution in [1.82, 2.24) is 0 Å². The van der Waals surface area contributed by atoms with Gasteiger partial charge in [-0.1, -0.05) is 32.3 Å². The molecule has 0 amide bonds. The monoisotopic (exact) mass is 264 g/mol. The number of likely N-dealkylation sites (N-methyl/N-ethyl adjacent to an activating group) is 1. The van der Waals surface area contributed by atoms with E-state index in [2.05, 4.69) is 37.9 Å². The highest BCUT2D eigenvalue weighted by atomic mass is 16.5. The number of methoxy groups -OCH3 is 1. The third-order valence-electron chi connectivity index (χ3n) is 4.01. The van der Waals surface area contributed by atoms with Crippen molar-refractivity contribution in [3.05, 3.63) is 24.3 Å². The molecule has 0 spiro atoms. The van der Waals surface area contributed by atoms with Gasteiger partial charge in [0.25, 0.3) is 0 Å². The molecule has 0 saturated carbocycles. The summed E-state index contributed by atoms with van der Waals surface area (Å²) in [5.41, 5.74) is 7.18. The fourth-order valence-electron chi connectivity index (χ4n) is 2.29. The second-order valence-electron chi connectivity index (χ2n) is 5.42. The summed E-state index contributed by atoms with van der Waals surface area (Å²) in [4.78, 5) is 2.28. The fourth-order valence-corrected chi connectivity index (χ4v) is 2.29. The predicted molar refractivity (Wildman–Crippen MR) is 83.0 cm³/mol. The van der Waals surface area contributed by atoms with Gasteiger partial charge in [0.05, 0.1) is 7.11 Å². The van der Waals surface area contributed by atoms with E-state index in [0.29, 0.717) is 6.54 Å². The lowest BCUT2D eigenvalue weighted by molar-refractivity contribution is 0.397. The van der Waals surface area contributed by atoms with Gasteiger partial charge in [-0.05, 0) is 25.5 Å². The molecule has 0 aromatic heterocycles. The Hall–Kier alpha value is -1.22. The molecule has 0 fully saturated rings. The van der Waals surface area contributed by atoms with Crippen LogP contribution in [-0.4, -0.2) is 26.2 Å². The van der Waals surface area contributed by atoms with Crippen LogP contribution < -0.4 is 15.4 Å². The molecule has 1 rings (SSSR count). The lowest BCUT2D eigenvalue weighted by atomic mass is 9.92. The number of benzene rings is 1. The van der Waals surface area contributed by atoms with Crippen LogP contribution in [0.3, 0.4) is 0 Å². The summed E-state index contributed by atoms with van der Waals surface area (Å²) in [6, 6.07) is 8.16. The Morgan fingerprint density at radius 1 is 1.32 bits per heavy atom. The Labute approximate surface area is 117 Å². The Kier molecular flexibility index (Phi) is 6.16. The highest BCUT2D eigenvalue weighted by Gasteiger charge is 2.27. The van der Waals surface area contributed by atoms with Crippen LogP contribution in [-0.2, 0) is 0 Å². The Balaban J connectivity index is 2.83. The van der Waals surface area contributed by atoms with Gasteiger partial charge in [-0.2, -0.15) is 0 Å². The first-order valence-corrected chi connectivity index (χ1v) is 7.15. The summed E-state index contributed by atoms with van der Waals surface area (Å²) in [7, 11) is 3.82. The number of ether oxygens (including phenoxy) is 1. The van der Waals surface area contributed by atoms with Gasteiger partial charge in [0.2, 0.25) is 0 Å². The van der Waals surface area contributed by atoms with Crippen molar-refractivity contribution in [2.45, 2.75) is 45.1 Å². The maximum atomic E-state index is 6.03. The van der Waals surface area contributed by atoms with Gasteiger partial charge in [0, 0.05) is 30.9 Å². The molecule has 3 heteroatoms. The van der Waals surface area contributed by atoms with E-state index in [-0.39, 0.29) is 5.54 Å². The zero-order valence-electron chi connectivity index (χ0n) is 12.8. The molecule has 108 valence electrons. The molecule has 1 aromatic carbocycles. The average molecular weight is 264 g/mol. The molecular weight excluding hydrogens is 236 g/mol. The molecule has 2 N–H and O–H groups in total. The molecule has 1 unspecified atom stereocenters. The smallest absolute Gasteiger partial charge is 0.120 e. The van der Waals surface area contributed by atoms with Crippen LogP contribution >= 0.6 is 0 Å². The summed E-state index contributed by atoms with van der Waals surface area (Å²) in [6.07, 6.45) is 4.84. The second kappa shape index (κ2) is 7.39. The van der Waals surface area contributed by atoms with E-state index in [1.165, 1.54) is 19.3 Å². The van der Waals surface area contributed by atoms with Crippen LogP contribution in [0.25, 0.3) is 0 Å². The summed E-state index contributed by atoms with van der Waals surface area (Å²) >= 11 is 0. The Bertz CT molecular complexity index is 381. The molecule has 0 aliphatic heterocycles. The zero-order chi connectivity index (χ0) is 14.3. The van der Waals surface area contributed by atoms with Crippen molar-refractivity contribution in [3.8, 4) is 5.75 Å². The molecule has 3 nitrogen and oxygen atoms in total. The van der Waals surface area contributed by atoms with Crippen molar-refractivity contribution < 1.29 is 4.74 Å². The molecule has 0 aliphatic rings. The highest BCUT2D eigenvalue weighted by molar-refractivity contribution is 5.52. The molecule has 19 heavy (non-hydrogen) atoms. The number of nitrogens with zero attached hydrogens (tertiary/aromatic N) is 1. The van der Waals surface area contributed by atoms with Gasteiger partial charge in [0.1, 0.15) is 5.75 Å². The van der Waals surface area contributed by atoms with Gasteiger partial charge in [-0.15, -0.1) is 0 Å². The third-order valence-corrected chi connectivity index (χ3v) is 4.01. The molecule has 0 radical (unpaired) electrons. The zero-order valence-corrected chi connectivity index (χ0v) is 12.8. The lowest BCUT2D eigenvalue weighted by Gasteiger charge is -2.40. The minimum Gasteiger partial charge on any atom is -0.497 e. The van der Waals surface area contributed by atoms with Gasteiger partial charge in [-0.3, -0.25) is 0 Å². The molecule has 0 aliphatic carbocycles. The SMILES string of the molecule is CCCCCC(C)(CN)N(C)c1cccc(OC)c1. The van der Waals surface area contributed by atoms with E-state index in [9.17, 15) is 0 Å². The van der Waals surface area contributed by atoms with Crippen molar-refractivity contribution in [2.24, 2.45) is 5.73 Å². The molecule has 0 bridgehead atoms. The van der Waals surface area contributed by atoms with Crippen LogP contribution in [0.2, 0.25) is 0 Å². The number of anilines is 1. The Morgan fingerprint density at radius 2 is 2.05 bits per heavy atom.